The molecule has 0 aromatic carbocycles. The van der Waals surface area contributed by atoms with Gasteiger partial charge in [-0.1, -0.05) is 25.2 Å². The third-order valence-corrected chi connectivity index (χ3v) is 4.13. The van der Waals surface area contributed by atoms with Crippen LogP contribution in [0.25, 0.3) is 9.88 Å². The number of hydrogen-bond acceptors (Lipinski definition) is 6. The molecule has 0 radical (unpaired) electrons. The molecule has 92 valence electrons. The van der Waals surface area contributed by atoms with Gasteiger partial charge in [-0.05, 0) is 19.4 Å². The zero-order valence-corrected chi connectivity index (χ0v) is 11.9. The molecule has 0 amide bonds. The Kier molecular flexibility index (Phi) is 4.20. The van der Waals surface area contributed by atoms with Crippen LogP contribution in [0.3, 0.4) is 0 Å². The molecule has 0 aliphatic carbocycles. The lowest BCUT2D eigenvalue weighted by Gasteiger charge is -2.03. The van der Waals surface area contributed by atoms with Crippen LogP contribution in [0.4, 0.5) is 0 Å². The zero-order valence-electron chi connectivity index (χ0n) is 10.2. The smallest absolute Gasteiger partial charge is 0.159 e. The predicted molar refractivity (Wildman–Crippen MR) is 72.3 cm³/mol. The second kappa shape index (κ2) is 5.66. The summed E-state index contributed by atoms with van der Waals surface area (Å²) in [7, 11) is 0. The zero-order chi connectivity index (χ0) is 12.3. The average molecular weight is 268 g/mol. The third kappa shape index (κ3) is 3.55. The van der Waals surface area contributed by atoms with Crippen molar-refractivity contribution in [3.63, 3.8) is 0 Å². The summed E-state index contributed by atoms with van der Waals surface area (Å²) in [6, 6.07) is 0. The van der Waals surface area contributed by atoms with Crippen LogP contribution in [0.1, 0.15) is 23.9 Å². The standard InChI is InChI=1S/C11H16N4S2/c1-7(2)4-12-6-10-14-15-11(17-10)9-5-13-8(3)16-9/h5,7,12H,4,6H2,1-3H3. The summed E-state index contributed by atoms with van der Waals surface area (Å²) in [6.07, 6.45) is 1.87. The van der Waals surface area contributed by atoms with Crippen LogP contribution in [-0.2, 0) is 6.54 Å². The van der Waals surface area contributed by atoms with E-state index in [1.54, 1.807) is 22.7 Å². The molecule has 0 spiro atoms. The molecule has 6 heteroatoms. The second-order valence-electron chi connectivity index (χ2n) is 4.27. The largest absolute Gasteiger partial charge is 0.310 e. The Balaban J connectivity index is 1.96. The van der Waals surface area contributed by atoms with E-state index in [0.29, 0.717) is 5.92 Å². The van der Waals surface area contributed by atoms with Crippen molar-refractivity contribution in [1.82, 2.24) is 20.5 Å². The molecule has 1 N–H and O–H groups in total. The summed E-state index contributed by atoms with van der Waals surface area (Å²) in [5.41, 5.74) is 0. The molecule has 0 aliphatic heterocycles. The number of aromatic nitrogens is 3. The lowest BCUT2D eigenvalue weighted by Crippen LogP contribution is -2.18. The van der Waals surface area contributed by atoms with Gasteiger partial charge in [0.25, 0.3) is 0 Å². The monoisotopic (exact) mass is 268 g/mol. The molecule has 0 aliphatic rings. The van der Waals surface area contributed by atoms with E-state index < -0.39 is 0 Å². The Bertz CT molecular complexity index is 475. The fourth-order valence-electron chi connectivity index (χ4n) is 1.35. The Morgan fingerprint density at radius 3 is 2.76 bits per heavy atom. The summed E-state index contributed by atoms with van der Waals surface area (Å²) in [5, 5.41) is 14.8. The van der Waals surface area contributed by atoms with Gasteiger partial charge in [0.1, 0.15) is 5.01 Å². The van der Waals surface area contributed by atoms with E-state index in [4.69, 9.17) is 0 Å². The van der Waals surface area contributed by atoms with Crippen LogP contribution in [0.15, 0.2) is 6.20 Å². The van der Waals surface area contributed by atoms with Crippen molar-refractivity contribution in [3.8, 4) is 9.88 Å². The number of rotatable bonds is 5. The molecule has 0 saturated heterocycles. The topological polar surface area (TPSA) is 50.7 Å². The second-order valence-corrected chi connectivity index (χ2v) is 6.57. The molecular formula is C11H16N4S2. The Labute approximate surface area is 109 Å². The first-order chi connectivity index (χ1) is 8.15. The van der Waals surface area contributed by atoms with Crippen LogP contribution in [0.2, 0.25) is 0 Å². The molecule has 0 fully saturated rings. The maximum Gasteiger partial charge on any atom is 0.159 e. The minimum absolute atomic E-state index is 0.659. The van der Waals surface area contributed by atoms with Gasteiger partial charge < -0.3 is 5.32 Å². The highest BCUT2D eigenvalue weighted by molar-refractivity contribution is 7.21. The van der Waals surface area contributed by atoms with E-state index in [1.165, 1.54) is 0 Å². The number of thiazole rings is 1. The van der Waals surface area contributed by atoms with Crippen molar-refractivity contribution in [2.24, 2.45) is 5.92 Å². The quantitative estimate of drug-likeness (QED) is 0.906. The lowest BCUT2D eigenvalue weighted by atomic mass is 10.2. The fourth-order valence-corrected chi connectivity index (χ4v) is 2.97. The van der Waals surface area contributed by atoms with Gasteiger partial charge in [-0.3, -0.25) is 0 Å². The molecule has 2 rings (SSSR count). The molecule has 0 unspecified atom stereocenters. The third-order valence-electron chi connectivity index (χ3n) is 2.13. The Morgan fingerprint density at radius 2 is 2.12 bits per heavy atom. The van der Waals surface area contributed by atoms with E-state index in [-0.39, 0.29) is 0 Å². The molecule has 2 heterocycles. The van der Waals surface area contributed by atoms with Crippen molar-refractivity contribution < 1.29 is 0 Å². The van der Waals surface area contributed by atoms with E-state index in [1.807, 2.05) is 13.1 Å². The molecule has 17 heavy (non-hydrogen) atoms. The minimum atomic E-state index is 0.659. The number of nitrogens with one attached hydrogen (secondary N) is 1. The highest BCUT2D eigenvalue weighted by Crippen LogP contribution is 2.28. The van der Waals surface area contributed by atoms with E-state index in [0.717, 1.165) is 33.0 Å². The number of hydrogen-bond donors (Lipinski definition) is 1. The molecule has 4 nitrogen and oxygen atoms in total. The maximum absolute atomic E-state index is 4.23. The first-order valence-corrected chi connectivity index (χ1v) is 7.24. The number of aryl methyl sites for hydroxylation is 1. The average Bonchev–Trinajstić information content (AvgIpc) is 2.86. The highest BCUT2D eigenvalue weighted by atomic mass is 32.1. The van der Waals surface area contributed by atoms with E-state index >= 15 is 0 Å². The van der Waals surface area contributed by atoms with Crippen molar-refractivity contribution in [1.29, 1.82) is 0 Å². The van der Waals surface area contributed by atoms with Crippen molar-refractivity contribution in [3.05, 3.63) is 16.2 Å². The number of nitrogens with zero attached hydrogens (tertiary/aromatic N) is 3. The minimum Gasteiger partial charge on any atom is -0.310 e. The molecule has 0 atom stereocenters. The Morgan fingerprint density at radius 1 is 1.29 bits per heavy atom. The summed E-state index contributed by atoms with van der Waals surface area (Å²) in [5.74, 6) is 0.659. The molecule has 2 aromatic heterocycles. The van der Waals surface area contributed by atoms with Crippen molar-refractivity contribution >= 4 is 22.7 Å². The first kappa shape index (κ1) is 12.6. The van der Waals surface area contributed by atoms with Crippen molar-refractivity contribution in [2.75, 3.05) is 6.54 Å². The van der Waals surface area contributed by atoms with Gasteiger partial charge in [-0.25, -0.2) is 4.98 Å². The van der Waals surface area contributed by atoms with Gasteiger partial charge >= 0.3 is 0 Å². The summed E-state index contributed by atoms with van der Waals surface area (Å²) in [6.45, 7) is 8.19. The predicted octanol–water partition coefficient (Wildman–Crippen LogP) is 2.72. The van der Waals surface area contributed by atoms with Gasteiger partial charge in [-0.15, -0.1) is 21.5 Å². The van der Waals surface area contributed by atoms with E-state index in [9.17, 15) is 0 Å². The van der Waals surface area contributed by atoms with Crippen LogP contribution in [-0.4, -0.2) is 21.7 Å². The van der Waals surface area contributed by atoms with Crippen molar-refractivity contribution in [2.45, 2.75) is 27.3 Å². The summed E-state index contributed by atoms with van der Waals surface area (Å²) in [4.78, 5) is 5.34. The Hall–Kier alpha value is -0.850. The van der Waals surface area contributed by atoms with Crippen LogP contribution in [0.5, 0.6) is 0 Å². The SMILES string of the molecule is Cc1ncc(-c2nnc(CNCC(C)C)s2)s1. The molecule has 0 bridgehead atoms. The fraction of sp³-hybridized carbons (Fsp3) is 0.545. The maximum atomic E-state index is 4.23. The van der Waals surface area contributed by atoms with Crippen LogP contribution in [0, 0.1) is 12.8 Å². The van der Waals surface area contributed by atoms with E-state index in [2.05, 4.69) is 34.3 Å². The highest BCUT2D eigenvalue weighted by Gasteiger charge is 2.09. The lowest BCUT2D eigenvalue weighted by molar-refractivity contribution is 0.550. The summed E-state index contributed by atoms with van der Waals surface area (Å²) >= 11 is 3.30. The van der Waals surface area contributed by atoms with Crippen LogP contribution >= 0.6 is 22.7 Å². The molecule has 2 aromatic rings. The van der Waals surface area contributed by atoms with Gasteiger partial charge in [0, 0.05) is 12.7 Å². The van der Waals surface area contributed by atoms with Gasteiger partial charge in [-0.2, -0.15) is 0 Å². The first-order valence-electron chi connectivity index (χ1n) is 5.61. The van der Waals surface area contributed by atoms with Crippen LogP contribution < -0.4 is 5.32 Å². The molecule has 0 saturated carbocycles. The van der Waals surface area contributed by atoms with Gasteiger partial charge in [0.15, 0.2) is 5.01 Å². The van der Waals surface area contributed by atoms with Gasteiger partial charge in [0.05, 0.1) is 9.88 Å². The normalized spacial score (nSPS) is 11.3. The van der Waals surface area contributed by atoms with Gasteiger partial charge in [0.2, 0.25) is 0 Å². The molecular weight excluding hydrogens is 252 g/mol. The summed E-state index contributed by atoms with van der Waals surface area (Å²) < 4.78 is 0.